The lowest BCUT2D eigenvalue weighted by Crippen LogP contribution is -2.29. The molecule has 2 aromatic rings. The van der Waals surface area contributed by atoms with Crippen LogP contribution >= 0.6 is 0 Å². The number of nitrogens with zero attached hydrogens (tertiary/aromatic N) is 1. The van der Waals surface area contributed by atoms with Crippen molar-refractivity contribution in [3.8, 4) is 0 Å². The van der Waals surface area contributed by atoms with Gasteiger partial charge in [-0.15, -0.1) is 0 Å². The summed E-state index contributed by atoms with van der Waals surface area (Å²) in [4.78, 5) is 2.49. The minimum absolute atomic E-state index is 0.0148. The molecular formula is C20H26N2O2S. The number of likely N-dealkylation sites (tertiary alicyclic amines) is 1. The molecular weight excluding hydrogens is 332 g/mol. The maximum Gasteiger partial charge on any atom is 0.216 e. The number of hydrogen-bond acceptors (Lipinski definition) is 3. The smallest absolute Gasteiger partial charge is 0.216 e. The second-order valence-electron chi connectivity index (χ2n) is 6.72. The number of nitrogens with one attached hydrogen (secondary N) is 1. The van der Waals surface area contributed by atoms with Gasteiger partial charge < -0.3 is 0 Å². The highest BCUT2D eigenvalue weighted by Crippen LogP contribution is 2.14. The predicted molar refractivity (Wildman–Crippen MR) is 101 cm³/mol. The van der Waals surface area contributed by atoms with E-state index in [1.165, 1.54) is 37.9 Å². The van der Waals surface area contributed by atoms with E-state index in [9.17, 15) is 8.42 Å². The zero-order valence-electron chi connectivity index (χ0n) is 14.5. The van der Waals surface area contributed by atoms with Crippen LogP contribution in [0.25, 0.3) is 0 Å². The summed E-state index contributed by atoms with van der Waals surface area (Å²) in [6, 6.07) is 17.5. The third-order valence-electron chi connectivity index (χ3n) is 4.57. The Labute approximate surface area is 150 Å². The van der Waals surface area contributed by atoms with Crippen molar-refractivity contribution in [3.05, 3.63) is 71.3 Å². The molecule has 0 amide bonds. The summed E-state index contributed by atoms with van der Waals surface area (Å²) in [5.74, 6) is 0.0148. The molecule has 134 valence electrons. The fourth-order valence-corrected chi connectivity index (χ4v) is 4.30. The van der Waals surface area contributed by atoms with E-state index in [1.807, 2.05) is 42.5 Å². The second-order valence-corrected chi connectivity index (χ2v) is 8.53. The molecule has 1 heterocycles. The number of piperidine rings is 1. The van der Waals surface area contributed by atoms with E-state index in [4.69, 9.17) is 0 Å². The van der Waals surface area contributed by atoms with Gasteiger partial charge in [0.15, 0.2) is 0 Å². The lowest BCUT2D eigenvalue weighted by molar-refractivity contribution is 0.221. The van der Waals surface area contributed by atoms with Gasteiger partial charge in [-0.05, 0) is 42.6 Å². The topological polar surface area (TPSA) is 49.4 Å². The first-order valence-electron chi connectivity index (χ1n) is 8.92. The summed E-state index contributed by atoms with van der Waals surface area (Å²) in [6.07, 6.45) is 3.93. The van der Waals surface area contributed by atoms with E-state index in [1.54, 1.807) is 0 Å². The third-order valence-corrected chi connectivity index (χ3v) is 5.87. The van der Waals surface area contributed by atoms with Gasteiger partial charge in [-0.1, -0.05) is 61.0 Å². The van der Waals surface area contributed by atoms with Crippen LogP contribution in [-0.4, -0.2) is 26.4 Å². The maximum absolute atomic E-state index is 12.2. The Hall–Kier alpha value is -1.69. The van der Waals surface area contributed by atoms with Gasteiger partial charge in [0.25, 0.3) is 0 Å². The van der Waals surface area contributed by atoms with Gasteiger partial charge in [0.05, 0.1) is 5.75 Å². The first-order valence-corrected chi connectivity index (χ1v) is 10.6. The average molecular weight is 359 g/mol. The van der Waals surface area contributed by atoms with E-state index < -0.39 is 10.0 Å². The number of benzene rings is 2. The van der Waals surface area contributed by atoms with Crippen LogP contribution in [0.3, 0.4) is 0 Å². The van der Waals surface area contributed by atoms with Crippen molar-refractivity contribution in [2.24, 2.45) is 0 Å². The summed E-state index contributed by atoms with van der Waals surface area (Å²) in [7, 11) is -3.32. The van der Waals surface area contributed by atoms with Crippen molar-refractivity contribution in [1.82, 2.24) is 9.62 Å². The van der Waals surface area contributed by atoms with Gasteiger partial charge in [0.2, 0.25) is 10.0 Å². The summed E-state index contributed by atoms with van der Waals surface area (Å²) in [5.41, 5.74) is 3.07. The molecule has 0 aromatic heterocycles. The van der Waals surface area contributed by atoms with Gasteiger partial charge in [0.1, 0.15) is 0 Å². The maximum atomic E-state index is 12.2. The van der Waals surface area contributed by atoms with Crippen LogP contribution in [0.1, 0.15) is 36.0 Å². The monoisotopic (exact) mass is 358 g/mol. The Morgan fingerprint density at radius 1 is 0.800 bits per heavy atom. The Morgan fingerprint density at radius 2 is 1.44 bits per heavy atom. The standard InChI is InChI=1S/C20H26N2O2S/c23-25(24,17-20-7-3-1-4-8-20)21-15-18-9-11-19(12-10-18)16-22-13-5-2-6-14-22/h1,3-4,7-12,21H,2,5-6,13-17H2. The summed E-state index contributed by atoms with van der Waals surface area (Å²) >= 11 is 0. The van der Waals surface area contributed by atoms with Crippen molar-refractivity contribution >= 4 is 10.0 Å². The van der Waals surface area contributed by atoms with Crippen LogP contribution in [0.15, 0.2) is 54.6 Å². The highest BCUT2D eigenvalue weighted by Gasteiger charge is 2.12. The van der Waals surface area contributed by atoms with Gasteiger partial charge in [-0.25, -0.2) is 13.1 Å². The first-order chi connectivity index (χ1) is 12.1. The van der Waals surface area contributed by atoms with Crippen LogP contribution in [0.5, 0.6) is 0 Å². The quantitative estimate of drug-likeness (QED) is 0.826. The molecule has 1 aliphatic heterocycles. The normalized spacial score (nSPS) is 16.0. The van der Waals surface area contributed by atoms with E-state index >= 15 is 0 Å². The molecule has 0 unspecified atom stereocenters. The minimum atomic E-state index is -3.32. The van der Waals surface area contributed by atoms with E-state index in [0.29, 0.717) is 6.54 Å². The van der Waals surface area contributed by atoms with Crippen LogP contribution in [0.4, 0.5) is 0 Å². The van der Waals surface area contributed by atoms with E-state index in [-0.39, 0.29) is 5.75 Å². The van der Waals surface area contributed by atoms with Crippen molar-refractivity contribution in [1.29, 1.82) is 0 Å². The van der Waals surface area contributed by atoms with Crippen LogP contribution < -0.4 is 4.72 Å². The van der Waals surface area contributed by atoms with E-state index in [0.717, 1.165) is 17.7 Å². The van der Waals surface area contributed by atoms with E-state index in [2.05, 4.69) is 21.8 Å². The molecule has 25 heavy (non-hydrogen) atoms. The predicted octanol–water partition coefficient (Wildman–Crippen LogP) is 3.29. The highest BCUT2D eigenvalue weighted by atomic mass is 32.2. The molecule has 4 nitrogen and oxygen atoms in total. The molecule has 0 bridgehead atoms. The van der Waals surface area contributed by atoms with Crippen LogP contribution in [0.2, 0.25) is 0 Å². The van der Waals surface area contributed by atoms with Gasteiger partial charge in [-0.3, -0.25) is 4.90 Å². The lowest BCUT2D eigenvalue weighted by Gasteiger charge is -2.26. The van der Waals surface area contributed by atoms with Crippen LogP contribution in [0, 0.1) is 0 Å². The van der Waals surface area contributed by atoms with Crippen molar-refractivity contribution < 1.29 is 8.42 Å². The van der Waals surface area contributed by atoms with Crippen molar-refractivity contribution in [2.75, 3.05) is 13.1 Å². The first kappa shape index (κ1) is 18.1. The third kappa shape index (κ3) is 5.96. The Morgan fingerprint density at radius 3 is 2.12 bits per heavy atom. The summed E-state index contributed by atoms with van der Waals surface area (Å²) < 4.78 is 27.1. The molecule has 5 heteroatoms. The molecule has 0 saturated carbocycles. The van der Waals surface area contributed by atoms with Gasteiger partial charge in [-0.2, -0.15) is 0 Å². The molecule has 1 fully saturated rings. The number of rotatable bonds is 7. The zero-order valence-corrected chi connectivity index (χ0v) is 15.3. The SMILES string of the molecule is O=S(=O)(Cc1ccccc1)NCc1ccc(CN2CCCCC2)cc1. The Kier molecular flexibility index (Phi) is 6.24. The molecule has 0 radical (unpaired) electrons. The fraction of sp³-hybridized carbons (Fsp3) is 0.400. The van der Waals surface area contributed by atoms with Crippen LogP contribution in [-0.2, 0) is 28.9 Å². The number of sulfonamides is 1. The fourth-order valence-electron chi connectivity index (χ4n) is 3.18. The molecule has 0 aliphatic carbocycles. The Bertz CT molecular complexity index is 752. The molecule has 1 N–H and O–H groups in total. The summed E-state index contributed by atoms with van der Waals surface area (Å²) in [6.45, 7) is 3.68. The van der Waals surface area contributed by atoms with Crippen molar-refractivity contribution in [3.63, 3.8) is 0 Å². The Balaban J connectivity index is 1.51. The highest BCUT2D eigenvalue weighted by molar-refractivity contribution is 7.88. The molecule has 2 aromatic carbocycles. The largest absolute Gasteiger partial charge is 0.299 e. The van der Waals surface area contributed by atoms with Crippen molar-refractivity contribution in [2.45, 2.75) is 38.1 Å². The summed E-state index contributed by atoms with van der Waals surface area (Å²) in [5, 5.41) is 0. The molecule has 3 rings (SSSR count). The average Bonchev–Trinajstić information content (AvgIpc) is 2.63. The second kappa shape index (κ2) is 8.61. The lowest BCUT2D eigenvalue weighted by atomic mass is 10.1. The zero-order chi connectivity index (χ0) is 17.5. The molecule has 1 aliphatic rings. The molecule has 1 saturated heterocycles. The minimum Gasteiger partial charge on any atom is -0.299 e. The number of hydrogen-bond donors (Lipinski definition) is 1. The van der Waals surface area contributed by atoms with Gasteiger partial charge >= 0.3 is 0 Å². The van der Waals surface area contributed by atoms with Gasteiger partial charge in [0, 0.05) is 13.1 Å². The molecule has 0 atom stereocenters. The molecule has 0 spiro atoms.